The summed E-state index contributed by atoms with van der Waals surface area (Å²) in [5, 5.41) is 1.21. The monoisotopic (exact) mass is 201 g/mol. The molecule has 2 rings (SSSR count). The summed E-state index contributed by atoms with van der Waals surface area (Å²) in [5.41, 5.74) is 3.61. The molecule has 0 spiro atoms. The van der Waals surface area contributed by atoms with E-state index >= 15 is 0 Å². The van der Waals surface area contributed by atoms with Gasteiger partial charge in [0.2, 0.25) is 0 Å². The lowest BCUT2D eigenvalue weighted by Crippen LogP contribution is -1.97. The van der Waals surface area contributed by atoms with Crippen LogP contribution in [0.25, 0.3) is 10.9 Å². The molecule has 0 saturated heterocycles. The van der Waals surface area contributed by atoms with Gasteiger partial charge in [0, 0.05) is 29.6 Å². The second-order valence-electron chi connectivity index (χ2n) is 3.70. The first-order chi connectivity index (χ1) is 7.29. The van der Waals surface area contributed by atoms with Crippen LogP contribution in [0, 0.1) is 6.92 Å². The lowest BCUT2D eigenvalue weighted by molar-refractivity contribution is -0.107. The van der Waals surface area contributed by atoms with Crippen LogP contribution in [0.4, 0.5) is 0 Å². The van der Waals surface area contributed by atoms with Gasteiger partial charge in [-0.05, 0) is 25.5 Å². The molecule has 2 nitrogen and oxygen atoms in total. The summed E-state index contributed by atoms with van der Waals surface area (Å²) in [7, 11) is 0. The van der Waals surface area contributed by atoms with Gasteiger partial charge in [0.05, 0.1) is 0 Å². The highest BCUT2D eigenvalue weighted by Gasteiger charge is 2.11. The number of hydrogen-bond donors (Lipinski definition) is 0. The number of aromatic nitrogens is 1. The van der Waals surface area contributed by atoms with Crippen molar-refractivity contribution in [1.29, 1.82) is 0 Å². The number of fused-ring (bicyclic) bond motifs is 1. The molecule has 0 saturated carbocycles. The van der Waals surface area contributed by atoms with Crippen LogP contribution in [-0.4, -0.2) is 10.9 Å². The Morgan fingerprint density at radius 2 is 2.07 bits per heavy atom. The minimum Gasteiger partial charge on any atom is -0.345 e. The summed E-state index contributed by atoms with van der Waals surface area (Å²) >= 11 is 0. The van der Waals surface area contributed by atoms with Crippen molar-refractivity contribution < 1.29 is 4.79 Å². The summed E-state index contributed by atoms with van der Waals surface area (Å²) < 4.78 is 2.26. The van der Waals surface area contributed by atoms with Crippen LogP contribution in [0.15, 0.2) is 24.3 Å². The largest absolute Gasteiger partial charge is 0.345 e. The third-order valence-electron chi connectivity index (χ3n) is 2.97. The average molecular weight is 201 g/mol. The van der Waals surface area contributed by atoms with E-state index < -0.39 is 0 Å². The molecule has 0 fully saturated rings. The van der Waals surface area contributed by atoms with E-state index in [4.69, 9.17) is 0 Å². The molecule has 0 aliphatic carbocycles. The Morgan fingerprint density at radius 1 is 1.33 bits per heavy atom. The summed E-state index contributed by atoms with van der Waals surface area (Å²) in [4.78, 5) is 10.7. The predicted molar refractivity (Wildman–Crippen MR) is 62.1 cm³/mol. The van der Waals surface area contributed by atoms with Gasteiger partial charge < -0.3 is 9.36 Å². The van der Waals surface area contributed by atoms with E-state index in [1.807, 2.05) is 12.1 Å². The maximum absolute atomic E-state index is 10.7. The highest BCUT2D eigenvalue weighted by Crippen LogP contribution is 2.25. The van der Waals surface area contributed by atoms with Crippen LogP contribution >= 0.6 is 0 Å². The second kappa shape index (κ2) is 3.89. The highest BCUT2D eigenvalue weighted by molar-refractivity contribution is 5.87. The molecular formula is C13H15NO. The molecule has 1 aromatic heterocycles. The molecule has 15 heavy (non-hydrogen) atoms. The fourth-order valence-corrected chi connectivity index (χ4v) is 2.25. The number of carbonyl (C=O) groups is 1. The van der Waals surface area contributed by atoms with Crippen molar-refractivity contribution >= 4 is 17.2 Å². The SMILES string of the molecule is CCn1c(C)c(CC=O)c2ccccc21. The first-order valence-electron chi connectivity index (χ1n) is 5.30. The quantitative estimate of drug-likeness (QED) is 0.700. The molecule has 0 atom stereocenters. The minimum atomic E-state index is 0.513. The summed E-state index contributed by atoms with van der Waals surface area (Å²) in [6.45, 7) is 5.16. The summed E-state index contributed by atoms with van der Waals surface area (Å²) in [6, 6.07) is 8.27. The van der Waals surface area contributed by atoms with Crippen molar-refractivity contribution in [3.63, 3.8) is 0 Å². The first-order valence-corrected chi connectivity index (χ1v) is 5.30. The van der Waals surface area contributed by atoms with Crippen LogP contribution in [0.3, 0.4) is 0 Å². The number of nitrogens with zero attached hydrogens (tertiary/aromatic N) is 1. The van der Waals surface area contributed by atoms with Crippen molar-refractivity contribution in [2.24, 2.45) is 0 Å². The number of benzene rings is 1. The van der Waals surface area contributed by atoms with Crippen LogP contribution in [0.2, 0.25) is 0 Å². The number of rotatable bonds is 3. The normalized spacial score (nSPS) is 10.8. The van der Waals surface area contributed by atoms with Gasteiger partial charge in [0.15, 0.2) is 0 Å². The van der Waals surface area contributed by atoms with Crippen LogP contribution in [0.5, 0.6) is 0 Å². The standard InChI is InChI=1S/C13H15NO/c1-3-14-10(2)11(8-9-15)12-6-4-5-7-13(12)14/h4-7,9H,3,8H2,1-2H3. The van der Waals surface area contributed by atoms with Crippen molar-refractivity contribution in [1.82, 2.24) is 4.57 Å². The average Bonchev–Trinajstić information content (AvgIpc) is 2.53. The van der Waals surface area contributed by atoms with Crippen molar-refractivity contribution in [3.05, 3.63) is 35.5 Å². The summed E-state index contributed by atoms with van der Waals surface area (Å²) in [5.74, 6) is 0. The van der Waals surface area contributed by atoms with Gasteiger partial charge in [-0.15, -0.1) is 0 Å². The van der Waals surface area contributed by atoms with Gasteiger partial charge in [-0.3, -0.25) is 0 Å². The molecule has 0 aliphatic rings. The molecule has 2 heteroatoms. The molecule has 2 aromatic rings. The Morgan fingerprint density at radius 3 is 2.73 bits per heavy atom. The lowest BCUT2D eigenvalue weighted by atomic mass is 10.1. The Balaban J connectivity index is 2.78. The maximum Gasteiger partial charge on any atom is 0.124 e. The molecule has 1 heterocycles. The zero-order chi connectivity index (χ0) is 10.8. The Hall–Kier alpha value is -1.57. The maximum atomic E-state index is 10.7. The minimum absolute atomic E-state index is 0.513. The molecule has 0 unspecified atom stereocenters. The van der Waals surface area contributed by atoms with E-state index in [1.165, 1.54) is 22.2 Å². The number of aryl methyl sites for hydroxylation is 1. The zero-order valence-corrected chi connectivity index (χ0v) is 9.16. The topological polar surface area (TPSA) is 22.0 Å². The highest BCUT2D eigenvalue weighted by atomic mass is 16.1. The fraction of sp³-hybridized carbons (Fsp3) is 0.308. The van der Waals surface area contributed by atoms with Gasteiger partial charge in [0.1, 0.15) is 6.29 Å². The van der Waals surface area contributed by atoms with E-state index in [0.717, 1.165) is 12.8 Å². The zero-order valence-electron chi connectivity index (χ0n) is 9.16. The van der Waals surface area contributed by atoms with Gasteiger partial charge in [0.25, 0.3) is 0 Å². The van der Waals surface area contributed by atoms with Crippen LogP contribution < -0.4 is 0 Å². The van der Waals surface area contributed by atoms with E-state index in [2.05, 4.69) is 30.5 Å². The Bertz CT molecular complexity index is 496. The molecule has 0 N–H and O–H groups in total. The van der Waals surface area contributed by atoms with Gasteiger partial charge >= 0.3 is 0 Å². The van der Waals surface area contributed by atoms with Crippen molar-refractivity contribution in [2.45, 2.75) is 26.8 Å². The van der Waals surface area contributed by atoms with Gasteiger partial charge in [-0.25, -0.2) is 0 Å². The second-order valence-corrected chi connectivity index (χ2v) is 3.70. The lowest BCUT2D eigenvalue weighted by Gasteiger charge is -2.03. The van der Waals surface area contributed by atoms with Crippen LogP contribution in [0.1, 0.15) is 18.2 Å². The third-order valence-corrected chi connectivity index (χ3v) is 2.97. The molecule has 0 amide bonds. The number of carbonyl (C=O) groups excluding carboxylic acids is 1. The van der Waals surface area contributed by atoms with E-state index in [1.54, 1.807) is 0 Å². The summed E-state index contributed by atoms with van der Waals surface area (Å²) in [6.07, 6.45) is 1.49. The van der Waals surface area contributed by atoms with Crippen LogP contribution in [-0.2, 0) is 17.8 Å². The van der Waals surface area contributed by atoms with Gasteiger partial charge in [-0.2, -0.15) is 0 Å². The van der Waals surface area contributed by atoms with E-state index in [9.17, 15) is 4.79 Å². The Labute approximate surface area is 89.5 Å². The van der Waals surface area contributed by atoms with Crippen molar-refractivity contribution in [2.75, 3.05) is 0 Å². The number of aldehydes is 1. The first kappa shape index (κ1) is 9.97. The van der Waals surface area contributed by atoms with Crippen molar-refractivity contribution in [3.8, 4) is 0 Å². The number of para-hydroxylation sites is 1. The Kier molecular flexibility index (Phi) is 2.58. The van der Waals surface area contributed by atoms with E-state index in [0.29, 0.717) is 6.42 Å². The smallest absolute Gasteiger partial charge is 0.124 e. The molecule has 0 radical (unpaired) electrons. The fourth-order valence-electron chi connectivity index (χ4n) is 2.25. The molecule has 0 bridgehead atoms. The molecular weight excluding hydrogens is 186 g/mol. The number of hydrogen-bond acceptors (Lipinski definition) is 1. The molecule has 1 aromatic carbocycles. The molecule has 78 valence electrons. The predicted octanol–water partition coefficient (Wildman–Crippen LogP) is 2.71. The molecule has 0 aliphatic heterocycles. The van der Waals surface area contributed by atoms with E-state index in [-0.39, 0.29) is 0 Å². The third kappa shape index (κ3) is 1.46. The van der Waals surface area contributed by atoms with Gasteiger partial charge in [-0.1, -0.05) is 18.2 Å².